The largest absolute Gasteiger partial charge is 0.385 e. The zero-order valence-corrected chi connectivity index (χ0v) is 13.0. The van der Waals surface area contributed by atoms with Gasteiger partial charge in [-0.15, -0.1) is 5.10 Å². The molecule has 1 atom stereocenters. The van der Waals surface area contributed by atoms with E-state index in [2.05, 4.69) is 36.2 Å². The minimum atomic E-state index is -0.517. The molecule has 1 aromatic heterocycles. The van der Waals surface area contributed by atoms with Gasteiger partial charge < -0.3 is 10.0 Å². The number of hydrogen-bond donors (Lipinski definition) is 1. The summed E-state index contributed by atoms with van der Waals surface area (Å²) in [7, 11) is 4.17. The van der Waals surface area contributed by atoms with E-state index >= 15 is 0 Å². The molecule has 1 fully saturated rings. The molecule has 0 radical (unpaired) electrons. The van der Waals surface area contributed by atoms with Crippen molar-refractivity contribution in [1.29, 1.82) is 0 Å². The lowest BCUT2D eigenvalue weighted by molar-refractivity contribution is -0.0247. The van der Waals surface area contributed by atoms with Crippen LogP contribution in [0.3, 0.4) is 0 Å². The molecule has 0 spiro atoms. The Bertz CT molecular complexity index is 408. The molecular formula is C15H28N4O. The van der Waals surface area contributed by atoms with Gasteiger partial charge in [-0.2, -0.15) is 0 Å². The number of aliphatic hydroxyl groups is 1. The van der Waals surface area contributed by atoms with Gasteiger partial charge in [0.15, 0.2) is 0 Å². The highest BCUT2D eigenvalue weighted by atomic mass is 16.3. The topological polar surface area (TPSA) is 54.2 Å². The number of likely N-dealkylation sites (N-methyl/N-ethyl adjacent to an activating group) is 1. The van der Waals surface area contributed by atoms with Crippen LogP contribution in [0, 0.1) is 0 Å². The highest BCUT2D eigenvalue weighted by Crippen LogP contribution is 2.40. The molecule has 1 heterocycles. The van der Waals surface area contributed by atoms with E-state index in [1.165, 1.54) is 25.7 Å². The molecule has 0 aromatic carbocycles. The summed E-state index contributed by atoms with van der Waals surface area (Å²) >= 11 is 0. The summed E-state index contributed by atoms with van der Waals surface area (Å²) in [6.45, 7) is 2.93. The summed E-state index contributed by atoms with van der Waals surface area (Å²) in [5, 5.41) is 19.2. The van der Waals surface area contributed by atoms with Gasteiger partial charge in [0.2, 0.25) is 0 Å². The summed E-state index contributed by atoms with van der Waals surface area (Å²) in [5.74, 6) is 0. The van der Waals surface area contributed by atoms with Gasteiger partial charge in [0.1, 0.15) is 6.10 Å². The standard InChI is InChI=1S/C15H28N4O/c1-4-11-19-13(12-16-17-19)14(20)15(18(2)3)9-7-5-6-8-10-15/h12,14,20H,4-11H2,1-3H3. The maximum absolute atomic E-state index is 11.0. The summed E-state index contributed by atoms with van der Waals surface area (Å²) in [5.41, 5.74) is 0.686. The molecule has 0 aliphatic heterocycles. The van der Waals surface area contributed by atoms with Crippen LogP contribution in [0.25, 0.3) is 0 Å². The Morgan fingerprint density at radius 1 is 1.30 bits per heavy atom. The number of nitrogens with zero attached hydrogens (tertiary/aromatic N) is 4. The van der Waals surface area contributed by atoms with Gasteiger partial charge in [0.05, 0.1) is 17.4 Å². The van der Waals surface area contributed by atoms with Crippen LogP contribution in [-0.4, -0.2) is 44.6 Å². The lowest BCUT2D eigenvalue weighted by Crippen LogP contribution is -2.49. The molecule has 1 saturated carbocycles. The second kappa shape index (κ2) is 6.68. The van der Waals surface area contributed by atoms with Crippen molar-refractivity contribution in [2.45, 2.75) is 70.1 Å². The van der Waals surface area contributed by atoms with Gasteiger partial charge in [0.25, 0.3) is 0 Å². The number of aliphatic hydroxyl groups excluding tert-OH is 1. The first-order valence-corrected chi connectivity index (χ1v) is 7.85. The average molecular weight is 280 g/mol. The van der Waals surface area contributed by atoms with Crippen molar-refractivity contribution in [3.8, 4) is 0 Å². The fraction of sp³-hybridized carbons (Fsp3) is 0.867. The summed E-state index contributed by atoms with van der Waals surface area (Å²) in [6, 6.07) is 0. The number of aromatic nitrogens is 3. The molecule has 0 amide bonds. The second-order valence-corrected chi connectivity index (χ2v) is 6.20. The Hall–Kier alpha value is -0.940. The van der Waals surface area contributed by atoms with Crippen molar-refractivity contribution in [1.82, 2.24) is 19.9 Å². The minimum absolute atomic E-state index is 0.177. The van der Waals surface area contributed by atoms with Gasteiger partial charge >= 0.3 is 0 Å². The van der Waals surface area contributed by atoms with Crippen molar-refractivity contribution in [2.24, 2.45) is 0 Å². The maximum atomic E-state index is 11.0. The molecule has 0 saturated heterocycles. The van der Waals surface area contributed by atoms with Crippen molar-refractivity contribution < 1.29 is 5.11 Å². The molecule has 5 heteroatoms. The molecule has 1 N–H and O–H groups in total. The number of rotatable bonds is 5. The molecule has 114 valence electrons. The van der Waals surface area contributed by atoms with Crippen molar-refractivity contribution in [2.75, 3.05) is 14.1 Å². The molecule has 2 rings (SSSR count). The quantitative estimate of drug-likeness (QED) is 0.841. The Labute approximate surface area is 122 Å². The van der Waals surface area contributed by atoms with Gasteiger partial charge in [-0.1, -0.05) is 37.8 Å². The zero-order valence-electron chi connectivity index (χ0n) is 13.0. The van der Waals surface area contributed by atoms with Gasteiger partial charge in [-0.25, -0.2) is 4.68 Å². The van der Waals surface area contributed by atoms with E-state index in [-0.39, 0.29) is 5.54 Å². The third-order valence-corrected chi connectivity index (χ3v) is 4.73. The van der Waals surface area contributed by atoms with Crippen LogP contribution in [0.2, 0.25) is 0 Å². The Morgan fingerprint density at radius 2 is 1.95 bits per heavy atom. The van der Waals surface area contributed by atoms with Crippen LogP contribution in [-0.2, 0) is 6.54 Å². The molecule has 1 aliphatic rings. The highest BCUT2D eigenvalue weighted by molar-refractivity contribution is 5.10. The summed E-state index contributed by atoms with van der Waals surface area (Å²) in [4.78, 5) is 2.21. The van der Waals surface area contributed by atoms with Gasteiger partial charge in [-0.05, 0) is 33.4 Å². The Balaban J connectivity index is 2.30. The first-order valence-electron chi connectivity index (χ1n) is 7.85. The number of aryl methyl sites for hydroxylation is 1. The molecule has 20 heavy (non-hydrogen) atoms. The molecule has 1 aliphatic carbocycles. The van der Waals surface area contributed by atoms with Crippen molar-refractivity contribution in [3.63, 3.8) is 0 Å². The highest BCUT2D eigenvalue weighted by Gasteiger charge is 2.42. The van der Waals surface area contributed by atoms with Crippen LogP contribution >= 0.6 is 0 Å². The first kappa shape index (κ1) is 15.4. The minimum Gasteiger partial charge on any atom is -0.385 e. The summed E-state index contributed by atoms with van der Waals surface area (Å²) in [6.07, 6.45) is 9.21. The van der Waals surface area contributed by atoms with Gasteiger partial charge in [0, 0.05) is 6.54 Å². The van der Waals surface area contributed by atoms with E-state index in [0.717, 1.165) is 31.5 Å². The fourth-order valence-electron chi connectivity index (χ4n) is 3.44. The van der Waals surface area contributed by atoms with Crippen molar-refractivity contribution in [3.05, 3.63) is 11.9 Å². The third kappa shape index (κ3) is 2.88. The average Bonchev–Trinajstić information content (AvgIpc) is 2.73. The van der Waals surface area contributed by atoms with Crippen LogP contribution < -0.4 is 0 Å². The van der Waals surface area contributed by atoms with E-state index in [1.807, 2.05) is 4.68 Å². The molecule has 5 nitrogen and oxygen atoms in total. The normalized spacial score (nSPS) is 20.9. The number of hydrogen-bond acceptors (Lipinski definition) is 4. The van der Waals surface area contributed by atoms with Crippen LogP contribution in [0.4, 0.5) is 0 Å². The Morgan fingerprint density at radius 3 is 2.50 bits per heavy atom. The van der Waals surface area contributed by atoms with E-state index in [1.54, 1.807) is 6.20 Å². The molecule has 1 unspecified atom stereocenters. The molecule has 1 aromatic rings. The Kier molecular flexibility index (Phi) is 5.16. The monoisotopic (exact) mass is 280 g/mol. The SMILES string of the molecule is CCCn1nncc1C(O)C1(N(C)C)CCCCCC1. The van der Waals surface area contributed by atoms with E-state index in [4.69, 9.17) is 0 Å². The van der Waals surface area contributed by atoms with Crippen molar-refractivity contribution >= 4 is 0 Å². The predicted molar refractivity (Wildman–Crippen MR) is 79.4 cm³/mol. The predicted octanol–water partition coefficient (Wildman–Crippen LogP) is 2.38. The van der Waals surface area contributed by atoms with Crippen LogP contribution in [0.1, 0.15) is 63.7 Å². The lowest BCUT2D eigenvalue weighted by atomic mass is 9.81. The van der Waals surface area contributed by atoms with Crippen LogP contribution in [0.5, 0.6) is 0 Å². The maximum Gasteiger partial charge on any atom is 0.116 e. The van der Waals surface area contributed by atoms with E-state index in [0.29, 0.717) is 0 Å². The fourth-order valence-corrected chi connectivity index (χ4v) is 3.44. The van der Waals surface area contributed by atoms with Crippen LogP contribution in [0.15, 0.2) is 6.20 Å². The summed E-state index contributed by atoms with van der Waals surface area (Å²) < 4.78 is 1.86. The van der Waals surface area contributed by atoms with Gasteiger partial charge in [-0.3, -0.25) is 0 Å². The lowest BCUT2D eigenvalue weighted by Gasteiger charge is -2.43. The molecule has 0 bridgehead atoms. The third-order valence-electron chi connectivity index (χ3n) is 4.73. The first-order chi connectivity index (χ1) is 9.62. The molecular weight excluding hydrogens is 252 g/mol. The second-order valence-electron chi connectivity index (χ2n) is 6.20. The van der Waals surface area contributed by atoms with E-state index < -0.39 is 6.10 Å². The smallest absolute Gasteiger partial charge is 0.116 e. The zero-order chi connectivity index (χ0) is 14.6. The van der Waals surface area contributed by atoms with E-state index in [9.17, 15) is 5.11 Å².